The summed E-state index contributed by atoms with van der Waals surface area (Å²) >= 11 is 0. The van der Waals surface area contributed by atoms with Crippen LogP contribution in [0.25, 0.3) is 0 Å². The summed E-state index contributed by atoms with van der Waals surface area (Å²) < 4.78 is 0. The van der Waals surface area contributed by atoms with Gasteiger partial charge in [0.2, 0.25) is 0 Å². The van der Waals surface area contributed by atoms with E-state index >= 15 is 0 Å². The largest absolute Gasteiger partial charge is 0.316 e. The van der Waals surface area contributed by atoms with E-state index < -0.39 is 0 Å². The van der Waals surface area contributed by atoms with E-state index in [4.69, 9.17) is 5.21 Å². The molecular weight excluding hydrogens is 116 g/mol. The van der Waals surface area contributed by atoms with Crippen LogP contribution < -0.4 is 10.8 Å². The van der Waals surface area contributed by atoms with Gasteiger partial charge in [-0.1, -0.05) is 0 Å². The standard InChI is InChI=1S/C6H12N2O/c9-8-6-2-4-1-5(6)7-3-4/h4-9H,1-3H2. The van der Waals surface area contributed by atoms with Crippen molar-refractivity contribution in [1.82, 2.24) is 10.8 Å². The van der Waals surface area contributed by atoms with E-state index in [1.54, 1.807) is 0 Å². The number of hydrogen-bond acceptors (Lipinski definition) is 3. The van der Waals surface area contributed by atoms with E-state index in [1.165, 1.54) is 6.42 Å². The molecule has 1 aliphatic carbocycles. The van der Waals surface area contributed by atoms with Crippen LogP contribution in [-0.4, -0.2) is 23.8 Å². The van der Waals surface area contributed by atoms with Crippen molar-refractivity contribution in [3.8, 4) is 0 Å². The van der Waals surface area contributed by atoms with Crippen LogP contribution in [0, 0.1) is 5.92 Å². The van der Waals surface area contributed by atoms with Gasteiger partial charge in [-0.2, -0.15) is 0 Å². The number of nitrogens with one attached hydrogen (secondary N) is 2. The fraction of sp³-hybridized carbons (Fsp3) is 1.00. The van der Waals surface area contributed by atoms with Gasteiger partial charge in [0.05, 0.1) is 0 Å². The fourth-order valence-electron chi connectivity index (χ4n) is 2.00. The monoisotopic (exact) mass is 128 g/mol. The van der Waals surface area contributed by atoms with E-state index in [0.29, 0.717) is 12.1 Å². The Balaban J connectivity index is 2.01. The molecule has 1 aliphatic heterocycles. The zero-order chi connectivity index (χ0) is 6.27. The van der Waals surface area contributed by atoms with Crippen LogP contribution in [0.2, 0.25) is 0 Å². The molecule has 0 spiro atoms. The van der Waals surface area contributed by atoms with Gasteiger partial charge in [0, 0.05) is 12.1 Å². The SMILES string of the molecule is ONC1CC2CNC1C2. The van der Waals surface area contributed by atoms with Crippen molar-refractivity contribution in [2.45, 2.75) is 24.9 Å². The first-order chi connectivity index (χ1) is 4.40. The Kier molecular flexibility index (Phi) is 1.22. The molecule has 0 amide bonds. The Bertz CT molecular complexity index is 118. The van der Waals surface area contributed by atoms with Crippen LogP contribution in [-0.2, 0) is 0 Å². The van der Waals surface area contributed by atoms with Crippen LogP contribution in [0.1, 0.15) is 12.8 Å². The molecule has 52 valence electrons. The molecule has 1 saturated carbocycles. The van der Waals surface area contributed by atoms with E-state index in [-0.39, 0.29) is 0 Å². The Labute approximate surface area is 54.4 Å². The van der Waals surface area contributed by atoms with Gasteiger partial charge in [-0.3, -0.25) is 0 Å². The smallest absolute Gasteiger partial charge is 0.0476 e. The summed E-state index contributed by atoms with van der Waals surface area (Å²) in [6.07, 6.45) is 2.40. The molecule has 3 N–H and O–H groups in total. The molecule has 3 nitrogen and oxygen atoms in total. The first-order valence-electron chi connectivity index (χ1n) is 3.53. The van der Waals surface area contributed by atoms with Gasteiger partial charge >= 0.3 is 0 Å². The fourth-order valence-corrected chi connectivity index (χ4v) is 2.00. The van der Waals surface area contributed by atoms with E-state index in [1.807, 2.05) is 0 Å². The Morgan fingerprint density at radius 3 is 2.67 bits per heavy atom. The third kappa shape index (κ3) is 0.764. The molecule has 2 rings (SSSR count). The van der Waals surface area contributed by atoms with Crippen molar-refractivity contribution >= 4 is 0 Å². The van der Waals surface area contributed by atoms with E-state index in [2.05, 4.69) is 10.8 Å². The van der Waals surface area contributed by atoms with Crippen LogP contribution in [0.3, 0.4) is 0 Å². The highest BCUT2D eigenvalue weighted by Gasteiger charge is 2.38. The quantitative estimate of drug-likeness (QED) is 0.425. The lowest BCUT2D eigenvalue weighted by molar-refractivity contribution is 0.109. The predicted octanol–water partition coefficient (Wildman–Crippen LogP) is -0.284. The topological polar surface area (TPSA) is 44.3 Å². The van der Waals surface area contributed by atoms with E-state index in [0.717, 1.165) is 18.9 Å². The molecular formula is C6H12N2O. The molecule has 1 saturated heterocycles. The predicted molar refractivity (Wildman–Crippen MR) is 33.2 cm³/mol. The van der Waals surface area contributed by atoms with Crippen molar-refractivity contribution in [2.24, 2.45) is 5.92 Å². The Morgan fingerprint density at radius 2 is 2.33 bits per heavy atom. The highest BCUT2D eigenvalue weighted by Crippen LogP contribution is 2.30. The molecule has 0 aromatic carbocycles. The summed E-state index contributed by atoms with van der Waals surface area (Å²) in [6, 6.07) is 0.865. The number of hydrogen-bond donors (Lipinski definition) is 3. The van der Waals surface area contributed by atoms with E-state index in [9.17, 15) is 0 Å². The lowest BCUT2D eigenvalue weighted by Crippen LogP contribution is -2.44. The Hall–Kier alpha value is -0.120. The molecule has 9 heavy (non-hydrogen) atoms. The second-order valence-electron chi connectivity index (χ2n) is 3.09. The Morgan fingerprint density at radius 1 is 1.44 bits per heavy atom. The zero-order valence-electron chi connectivity index (χ0n) is 5.30. The average Bonchev–Trinajstić information content (AvgIpc) is 2.45. The minimum atomic E-state index is 0.323. The maximum absolute atomic E-state index is 8.60. The summed E-state index contributed by atoms with van der Waals surface area (Å²) in [5, 5.41) is 11.9. The number of rotatable bonds is 1. The van der Waals surface area contributed by atoms with Gasteiger partial charge < -0.3 is 10.5 Å². The third-order valence-corrected chi connectivity index (χ3v) is 2.49. The molecule has 2 fully saturated rings. The third-order valence-electron chi connectivity index (χ3n) is 2.49. The molecule has 3 heteroatoms. The maximum Gasteiger partial charge on any atom is 0.0476 e. The van der Waals surface area contributed by atoms with Crippen molar-refractivity contribution < 1.29 is 5.21 Å². The summed E-state index contributed by atoms with van der Waals surface area (Å²) in [5.41, 5.74) is 2.33. The minimum Gasteiger partial charge on any atom is -0.316 e. The van der Waals surface area contributed by atoms with Crippen LogP contribution in [0.15, 0.2) is 0 Å². The number of hydroxylamine groups is 1. The van der Waals surface area contributed by atoms with Gasteiger partial charge in [0.15, 0.2) is 0 Å². The minimum absolute atomic E-state index is 0.323. The molecule has 1 heterocycles. The number of piperidine rings is 1. The lowest BCUT2D eigenvalue weighted by atomic mass is 10.1. The van der Waals surface area contributed by atoms with Crippen molar-refractivity contribution in [3.63, 3.8) is 0 Å². The van der Waals surface area contributed by atoms with Gasteiger partial charge in [-0.25, -0.2) is 5.48 Å². The summed E-state index contributed by atoms with van der Waals surface area (Å²) in [4.78, 5) is 0. The van der Waals surface area contributed by atoms with Crippen molar-refractivity contribution in [1.29, 1.82) is 0 Å². The normalized spacial score (nSPS) is 48.3. The van der Waals surface area contributed by atoms with Crippen LogP contribution in [0.5, 0.6) is 0 Å². The summed E-state index contributed by atoms with van der Waals surface area (Å²) in [6.45, 7) is 1.16. The highest BCUT2D eigenvalue weighted by atomic mass is 16.5. The highest BCUT2D eigenvalue weighted by molar-refractivity contribution is 4.98. The van der Waals surface area contributed by atoms with Gasteiger partial charge in [-0.05, 0) is 25.3 Å². The second-order valence-corrected chi connectivity index (χ2v) is 3.09. The van der Waals surface area contributed by atoms with Gasteiger partial charge in [0.1, 0.15) is 0 Å². The van der Waals surface area contributed by atoms with Crippen LogP contribution in [0.4, 0.5) is 0 Å². The van der Waals surface area contributed by atoms with Crippen molar-refractivity contribution in [2.75, 3.05) is 6.54 Å². The summed E-state index contributed by atoms with van der Waals surface area (Å²) in [7, 11) is 0. The first kappa shape index (κ1) is 5.65. The molecule has 2 aliphatic rings. The maximum atomic E-state index is 8.60. The van der Waals surface area contributed by atoms with Gasteiger partial charge in [-0.15, -0.1) is 0 Å². The molecule has 0 aromatic heterocycles. The second kappa shape index (κ2) is 1.94. The number of fused-ring (bicyclic) bond motifs is 2. The molecule has 3 atom stereocenters. The lowest BCUT2D eigenvalue weighted by Gasteiger charge is -2.20. The first-order valence-corrected chi connectivity index (χ1v) is 3.53. The van der Waals surface area contributed by atoms with Crippen molar-refractivity contribution in [3.05, 3.63) is 0 Å². The average molecular weight is 128 g/mol. The summed E-state index contributed by atoms with van der Waals surface area (Å²) in [5.74, 6) is 0.819. The molecule has 3 unspecified atom stereocenters. The molecule has 0 aromatic rings. The molecule has 2 bridgehead atoms. The molecule has 0 radical (unpaired) electrons. The van der Waals surface area contributed by atoms with Crippen LogP contribution >= 0.6 is 0 Å². The van der Waals surface area contributed by atoms with Gasteiger partial charge in [0.25, 0.3) is 0 Å². The zero-order valence-corrected chi connectivity index (χ0v) is 5.30.